The van der Waals surface area contributed by atoms with E-state index in [4.69, 9.17) is 4.18 Å². The van der Waals surface area contributed by atoms with E-state index in [9.17, 15) is 8.42 Å². The Kier molecular flexibility index (Phi) is 7.21. The molecule has 0 spiro atoms. The largest absolute Gasteiger partial charge is 0.334 e. The van der Waals surface area contributed by atoms with Gasteiger partial charge in [0.25, 0.3) is 10.1 Å². The van der Waals surface area contributed by atoms with Gasteiger partial charge in [-0.05, 0) is 52.9 Å². The average molecular weight is 359 g/mol. The molecule has 0 N–H and O–H groups in total. The Balaban J connectivity index is 0.000000174. The Morgan fingerprint density at radius 2 is 1.54 bits per heavy atom. The highest BCUT2D eigenvalue weighted by atomic mass is 32.2. The van der Waals surface area contributed by atoms with Crippen LogP contribution in [0, 0.1) is 0 Å². The molecule has 2 aliphatic heterocycles. The third-order valence-corrected chi connectivity index (χ3v) is 5.23. The molecule has 7 nitrogen and oxygen atoms in total. The summed E-state index contributed by atoms with van der Waals surface area (Å²) >= 11 is 0. The van der Waals surface area contributed by atoms with Crippen molar-refractivity contribution in [2.75, 3.05) is 46.5 Å². The van der Waals surface area contributed by atoms with Gasteiger partial charge in [0.1, 0.15) is 0 Å². The Hall–Kier alpha value is -0.960. The number of hydrogen-bond donors (Lipinski definition) is 0. The highest BCUT2D eigenvalue weighted by Gasteiger charge is 2.20. The van der Waals surface area contributed by atoms with Crippen LogP contribution in [0.5, 0.6) is 0 Å². The zero-order chi connectivity index (χ0) is 17.6. The second-order valence-electron chi connectivity index (χ2n) is 6.85. The van der Waals surface area contributed by atoms with Crippen LogP contribution in [0.15, 0.2) is 18.7 Å². The Bertz CT molecular complexity index is 560. The highest BCUT2D eigenvalue weighted by Crippen LogP contribution is 2.20. The van der Waals surface area contributed by atoms with E-state index in [0.717, 1.165) is 32.2 Å². The molecular weight excluding hydrogens is 328 g/mol. The number of likely N-dealkylation sites (tertiary alicyclic amines) is 2. The van der Waals surface area contributed by atoms with E-state index in [1.54, 1.807) is 0 Å². The fourth-order valence-corrected chi connectivity index (χ4v) is 3.79. The molecule has 0 aromatic carbocycles. The van der Waals surface area contributed by atoms with E-state index in [2.05, 4.69) is 32.6 Å². The van der Waals surface area contributed by atoms with Crippen molar-refractivity contribution in [3.05, 3.63) is 18.7 Å². The van der Waals surface area contributed by atoms with E-state index < -0.39 is 10.1 Å². The summed E-state index contributed by atoms with van der Waals surface area (Å²) in [5, 5.41) is 0. The van der Waals surface area contributed by atoms with E-state index in [1.807, 2.05) is 19.6 Å². The number of aromatic nitrogens is 2. The van der Waals surface area contributed by atoms with Crippen LogP contribution in [0.2, 0.25) is 0 Å². The fourth-order valence-electron chi connectivity index (χ4n) is 3.11. The Morgan fingerprint density at radius 3 is 2.00 bits per heavy atom. The molecule has 1 aromatic heterocycles. The number of nitrogens with zero attached hydrogens (tertiary/aromatic N) is 4. The van der Waals surface area contributed by atoms with Crippen molar-refractivity contribution in [1.82, 2.24) is 19.4 Å². The molecule has 0 amide bonds. The smallest absolute Gasteiger partial charge is 0.264 e. The Labute approximate surface area is 145 Å². The molecule has 0 aliphatic carbocycles. The van der Waals surface area contributed by atoms with Crippen LogP contribution < -0.4 is 0 Å². The molecular formula is C16H30N4O3S. The first kappa shape index (κ1) is 19.4. The minimum atomic E-state index is -3.26. The molecule has 138 valence electrons. The van der Waals surface area contributed by atoms with Crippen molar-refractivity contribution in [3.8, 4) is 0 Å². The van der Waals surface area contributed by atoms with E-state index >= 15 is 0 Å². The second kappa shape index (κ2) is 8.94. The maximum absolute atomic E-state index is 10.7. The van der Waals surface area contributed by atoms with Crippen LogP contribution in [-0.4, -0.2) is 80.4 Å². The van der Waals surface area contributed by atoms with Gasteiger partial charge >= 0.3 is 0 Å². The Morgan fingerprint density at radius 1 is 1.00 bits per heavy atom. The van der Waals surface area contributed by atoms with Crippen molar-refractivity contribution in [2.24, 2.45) is 0 Å². The summed E-state index contributed by atoms with van der Waals surface area (Å²) in [6, 6.07) is 0.684. The standard InChI is InChI=1S/C9H15N3.C7H15NO3S/c1-11-5-2-9(3-6-11)12-7-4-10-8-12;1-8-5-3-7(4-6-8)11-12(2,9)10/h4,7-9H,2-3,5-6H2,1H3;7H,3-6H2,1-2H3. The van der Waals surface area contributed by atoms with Gasteiger partial charge < -0.3 is 14.4 Å². The molecule has 0 saturated carbocycles. The van der Waals surface area contributed by atoms with Gasteiger partial charge in [-0.3, -0.25) is 4.18 Å². The third kappa shape index (κ3) is 6.88. The first-order chi connectivity index (χ1) is 11.3. The summed E-state index contributed by atoms with van der Waals surface area (Å²) in [4.78, 5) is 8.62. The molecule has 0 bridgehead atoms. The van der Waals surface area contributed by atoms with E-state index in [-0.39, 0.29) is 6.10 Å². The quantitative estimate of drug-likeness (QED) is 0.757. The van der Waals surface area contributed by atoms with Crippen LogP contribution in [0.3, 0.4) is 0 Å². The normalized spacial score (nSPS) is 22.1. The molecule has 1 aromatic rings. The monoisotopic (exact) mass is 358 g/mol. The summed E-state index contributed by atoms with van der Waals surface area (Å²) < 4.78 is 28.6. The van der Waals surface area contributed by atoms with Crippen LogP contribution in [0.1, 0.15) is 31.7 Å². The van der Waals surface area contributed by atoms with Crippen molar-refractivity contribution in [1.29, 1.82) is 0 Å². The van der Waals surface area contributed by atoms with Gasteiger partial charge in [-0.15, -0.1) is 0 Å². The van der Waals surface area contributed by atoms with Crippen LogP contribution in [-0.2, 0) is 14.3 Å². The first-order valence-electron chi connectivity index (χ1n) is 8.56. The molecule has 2 saturated heterocycles. The predicted molar refractivity (Wildman–Crippen MR) is 94.4 cm³/mol. The van der Waals surface area contributed by atoms with Gasteiger partial charge in [0.05, 0.1) is 18.7 Å². The van der Waals surface area contributed by atoms with Crippen LogP contribution in [0.4, 0.5) is 0 Å². The lowest BCUT2D eigenvalue weighted by atomic mass is 10.1. The van der Waals surface area contributed by atoms with Crippen LogP contribution in [0.25, 0.3) is 0 Å². The molecule has 24 heavy (non-hydrogen) atoms. The maximum atomic E-state index is 10.7. The zero-order valence-corrected chi connectivity index (χ0v) is 15.8. The van der Waals surface area contributed by atoms with Gasteiger partial charge in [-0.25, -0.2) is 4.98 Å². The molecule has 2 aliphatic rings. The molecule has 2 fully saturated rings. The zero-order valence-electron chi connectivity index (χ0n) is 15.0. The van der Waals surface area contributed by atoms with Gasteiger partial charge in [-0.1, -0.05) is 0 Å². The SMILES string of the molecule is CN1CCC(OS(C)(=O)=O)CC1.CN1CCC(n2ccnc2)CC1. The summed E-state index contributed by atoms with van der Waals surface area (Å²) in [5.74, 6) is 0. The van der Waals surface area contributed by atoms with Crippen molar-refractivity contribution >= 4 is 10.1 Å². The number of rotatable bonds is 3. The lowest BCUT2D eigenvalue weighted by molar-refractivity contribution is 0.121. The number of piperidine rings is 2. The predicted octanol–water partition coefficient (Wildman–Crippen LogP) is 1.21. The first-order valence-corrected chi connectivity index (χ1v) is 10.4. The van der Waals surface area contributed by atoms with Crippen molar-refractivity contribution < 1.29 is 12.6 Å². The van der Waals surface area contributed by atoms with Gasteiger partial charge in [0.15, 0.2) is 0 Å². The maximum Gasteiger partial charge on any atom is 0.264 e. The minimum absolute atomic E-state index is 0.101. The van der Waals surface area contributed by atoms with Crippen molar-refractivity contribution in [2.45, 2.75) is 37.8 Å². The molecule has 3 rings (SSSR count). The van der Waals surface area contributed by atoms with E-state index in [0.29, 0.717) is 6.04 Å². The highest BCUT2D eigenvalue weighted by molar-refractivity contribution is 7.86. The summed E-state index contributed by atoms with van der Waals surface area (Å²) in [5.41, 5.74) is 0. The lowest BCUT2D eigenvalue weighted by Crippen LogP contribution is -2.35. The molecule has 0 radical (unpaired) electrons. The van der Waals surface area contributed by atoms with Gasteiger partial charge in [-0.2, -0.15) is 8.42 Å². The second-order valence-corrected chi connectivity index (χ2v) is 8.45. The minimum Gasteiger partial charge on any atom is -0.334 e. The topological polar surface area (TPSA) is 67.7 Å². The summed E-state index contributed by atoms with van der Waals surface area (Å²) in [7, 11) is 0.949. The van der Waals surface area contributed by atoms with Crippen LogP contribution >= 0.6 is 0 Å². The number of hydrogen-bond acceptors (Lipinski definition) is 6. The molecule has 3 heterocycles. The van der Waals surface area contributed by atoms with Gasteiger partial charge in [0.2, 0.25) is 0 Å². The third-order valence-electron chi connectivity index (χ3n) is 4.61. The summed E-state index contributed by atoms with van der Waals surface area (Å²) in [6.07, 6.45) is 11.0. The van der Waals surface area contributed by atoms with Gasteiger partial charge in [0, 0.05) is 31.5 Å². The van der Waals surface area contributed by atoms with Crippen molar-refractivity contribution in [3.63, 3.8) is 0 Å². The fraction of sp³-hybridized carbons (Fsp3) is 0.812. The lowest BCUT2D eigenvalue weighted by Gasteiger charge is -2.29. The molecule has 8 heteroatoms. The summed E-state index contributed by atoms with van der Waals surface area (Å²) in [6.45, 7) is 4.26. The van der Waals surface area contributed by atoms with E-state index in [1.165, 1.54) is 25.9 Å². The number of imidazole rings is 1. The molecule has 0 unspecified atom stereocenters. The average Bonchev–Trinajstić information content (AvgIpc) is 3.04. The molecule has 0 atom stereocenters.